The number of hydrogen-bond acceptors (Lipinski definition) is 6. The molecule has 0 bridgehead atoms. The molecule has 4 N–H and O–H groups in total. The van der Waals surface area contributed by atoms with Crippen molar-refractivity contribution >= 4 is 28.6 Å². The van der Waals surface area contributed by atoms with Gasteiger partial charge in [0.15, 0.2) is 0 Å². The van der Waals surface area contributed by atoms with Crippen LogP contribution in [0.25, 0.3) is 22.4 Å². The number of halogens is 4. The number of amides is 1. The number of alkyl halides is 3. The monoisotopic (exact) mass is 498 g/mol. The van der Waals surface area contributed by atoms with Crippen LogP contribution in [-0.2, 0) is 12.7 Å². The lowest BCUT2D eigenvalue weighted by atomic mass is 10.1. The number of nitrogens with one attached hydrogen (secondary N) is 2. The molecule has 0 aliphatic heterocycles. The third-order valence-electron chi connectivity index (χ3n) is 5.55. The zero-order valence-electron chi connectivity index (χ0n) is 18.6. The van der Waals surface area contributed by atoms with Crippen molar-refractivity contribution in [2.45, 2.75) is 12.7 Å². The predicted octanol–water partition coefficient (Wildman–Crippen LogP) is 3.76. The number of rotatable bonds is 5. The number of fused-ring (bicyclic) bond motifs is 2. The average Bonchev–Trinajstić information content (AvgIpc) is 3.42. The van der Waals surface area contributed by atoms with Gasteiger partial charge in [0.2, 0.25) is 0 Å². The lowest BCUT2D eigenvalue weighted by Gasteiger charge is -2.11. The van der Waals surface area contributed by atoms with Gasteiger partial charge in [0.25, 0.3) is 5.91 Å². The fourth-order valence-electron chi connectivity index (χ4n) is 3.89. The first-order valence-corrected chi connectivity index (χ1v) is 10.6. The molecular weight excluding hydrogens is 480 g/mol. The van der Waals surface area contributed by atoms with Crippen LogP contribution in [0, 0.1) is 5.82 Å². The Morgan fingerprint density at radius 2 is 1.92 bits per heavy atom. The second-order valence-electron chi connectivity index (χ2n) is 7.87. The topological polar surface area (TPSA) is 115 Å². The first-order chi connectivity index (χ1) is 17.2. The first kappa shape index (κ1) is 23.2. The van der Waals surface area contributed by atoms with Gasteiger partial charge in [-0.2, -0.15) is 13.2 Å². The summed E-state index contributed by atoms with van der Waals surface area (Å²) in [5.41, 5.74) is 6.63. The largest absolute Gasteiger partial charge is 0.416 e. The molecule has 0 spiro atoms. The number of carbonyl (C=O) groups excluding carboxylic acids is 1. The smallest absolute Gasteiger partial charge is 0.382 e. The van der Waals surface area contributed by atoms with Crippen LogP contribution in [0.2, 0.25) is 0 Å². The van der Waals surface area contributed by atoms with Crippen LogP contribution in [0.3, 0.4) is 0 Å². The maximum Gasteiger partial charge on any atom is 0.416 e. The number of nitrogens with zero attached hydrogens (tertiary/aromatic N) is 5. The second-order valence-corrected chi connectivity index (χ2v) is 7.87. The van der Waals surface area contributed by atoms with Crippen molar-refractivity contribution in [1.29, 1.82) is 0 Å². The molecule has 1 aromatic carbocycles. The standard InChI is InChI=1S/C23H18F4N8O/c1-29-11-18-33-19(20-21(28)30-5-7-35(18)20)12-4-6-34-16(10-31-17(34)8-12)22(36)32-15-9-13(23(25,26)27)2-3-14(15)24/h2-10,29H,11H2,1H3,(H2,28,30)(H,32,36). The maximum atomic E-state index is 14.1. The first-order valence-electron chi connectivity index (χ1n) is 10.6. The molecule has 4 aromatic heterocycles. The number of imidazole rings is 2. The molecule has 0 atom stereocenters. The van der Waals surface area contributed by atoms with Gasteiger partial charge in [-0.15, -0.1) is 0 Å². The summed E-state index contributed by atoms with van der Waals surface area (Å²) in [7, 11) is 1.79. The molecular formula is C23H18F4N8O. The van der Waals surface area contributed by atoms with E-state index >= 15 is 0 Å². The lowest BCUT2D eigenvalue weighted by molar-refractivity contribution is -0.137. The van der Waals surface area contributed by atoms with Gasteiger partial charge in [-0.3, -0.25) is 13.6 Å². The molecule has 9 nitrogen and oxygen atoms in total. The van der Waals surface area contributed by atoms with Crippen LogP contribution < -0.4 is 16.4 Å². The third-order valence-corrected chi connectivity index (χ3v) is 5.55. The number of benzene rings is 1. The molecule has 0 aliphatic rings. The van der Waals surface area contributed by atoms with E-state index in [0.717, 1.165) is 0 Å². The van der Waals surface area contributed by atoms with Crippen LogP contribution in [0.1, 0.15) is 21.9 Å². The van der Waals surface area contributed by atoms with Gasteiger partial charge in [0, 0.05) is 24.2 Å². The molecule has 0 unspecified atom stereocenters. The Morgan fingerprint density at radius 1 is 1.11 bits per heavy atom. The van der Waals surface area contributed by atoms with Gasteiger partial charge in [-0.25, -0.2) is 19.3 Å². The average molecular weight is 498 g/mol. The molecule has 184 valence electrons. The summed E-state index contributed by atoms with van der Waals surface area (Å²) < 4.78 is 56.3. The summed E-state index contributed by atoms with van der Waals surface area (Å²) in [6, 6.07) is 5.16. The second kappa shape index (κ2) is 8.61. The summed E-state index contributed by atoms with van der Waals surface area (Å²) in [6.07, 6.45) is 1.44. The number of aromatic nitrogens is 5. The fourth-order valence-corrected chi connectivity index (χ4v) is 3.89. The fraction of sp³-hybridized carbons (Fsp3) is 0.130. The molecule has 0 fully saturated rings. The summed E-state index contributed by atoms with van der Waals surface area (Å²) in [5, 5.41) is 5.24. The number of nitrogen functional groups attached to an aromatic ring is 1. The van der Waals surface area contributed by atoms with E-state index < -0.39 is 29.2 Å². The highest BCUT2D eigenvalue weighted by Crippen LogP contribution is 2.32. The highest BCUT2D eigenvalue weighted by atomic mass is 19.4. The lowest BCUT2D eigenvalue weighted by Crippen LogP contribution is -2.16. The Kier molecular flexibility index (Phi) is 5.55. The normalized spacial score (nSPS) is 11.9. The minimum absolute atomic E-state index is 0.000104. The van der Waals surface area contributed by atoms with Gasteiger partial charge in [-0.05, 0) is 37.4 Å². The SMILES string of the molecule is CNCc1nc(-c2ccn3c(C(=O)Nc4cc(C(F)(F)F)ccc4F)cnc3c2)c2c(N)nccn12. The predicted molar refractivity (Wildman–Crippen MR) is 124 cm³/mol. The minimum Gasteiger partial charge on any atom is -0.382 e. The number of pyridine rings is 1. The summed E-state index contributed by atoms with van der Waals surface area (Å²) in [5.74, 6) is -0.829. The van der Waals surface area contributed by atoms with Crippen molar-refractivity contribution in [3.8, 4) is 11.3 Å². The maximum absolute atomic E-state index is 14.1. The molecule has 0 aliphatic carbocycles. The molecule has 5 rings (SSSR count). The van der Waals surface area contributed by atoms with Gasteiger partial charge in [-0.1, -0.05) is 0 Å². The zero-order chi connectivity index (χ0) is 25.6. The zero-order valence-corrected chi connectivity index (χ0v) is 18.6. The Morgan fingerprint density at radius 3 is 2.67 bits per heavy atom. The summed E-state index contributed by atoms with van der Waals surface area (Å²) >= 11 is 0. The Labute approximate surface area is 200 Å². The quantitative estimate of drug-likeness (QED) is 0.318. The van der Waals surface area contributed by atoms with E-state index in [9.17, 15) is 22.4 Å². The summed E-state index contributed by atoms with van der Waals surface area (Å²) in [4.78, 5) is 25.8. The number of hydrogen-bond donors (Lipinski definition) is 3. The van der Waals surface area contributed by atoms with E-state index in [1.165, 1.54) is 10.6 Å². The molecule has 4 heterocycles. The van der Waals surface area contributed by atoms with Crippen LogP contribution in [0.4, 0.5) is 29.1 Å². The van der Waals surface area contributed by atoms with Crippen molar-refractivity contribution in [3.63, 3.8) is 0 Å². The molecule has 0 radical (unpaired) electrons. The highest BCUT2D eigenvalue weighted by Gasteiger charge is 2.31. The van der Waals surface area contributed by atoms with E-state index in [4.69, 9.17) is 5.73 Å². The molecule has 0 saturated heterocycles. The van der Waals surface area contributed by atoms with E-state index in [2.05, 4.69) is 25.6 Å². The van der Waals surface area contributed by atoms with Crippen molar-refractivity contribution in [1.82, 2.24) is 29.1 Å². The van der Waals surface area contributed by atoms with E-state index in [0.29, 0.717) is 53.0 Å². The highest BCUT2D eigenvalue weighted by molar-refractivity contribution is 6.03. The molecule has 5 aromatic rings. The van der Waals surface area contributed by atoms with E-state index in [1.807, 2.05) is 4.40 Å². The molecule has 0 saturated carbocycles. The van der Waals surface area contributed by atoms with Gasteiger partial charge in [0.05, 0.1) is 24.0 Å². The van der Waals surface area contributed by atoms with Gasteiger partial charge in [0.1, 0.15) is 40.0 Å². The molecule has 36 heavy (non-hydrogen) atoms. The summed E-state index contributed by atoms with van der Waals surface area (Å²) in [6.45, 7) is 0.479. The van der Waals surface area contributed by atoms with Crippen LogP contribution in [0.15, 0.2) is 55.1 Å². The number of anilines is 2. The van der Waals surface area contributed by atoms with Crippen LogP contribution >= 0.6 is 0 Å². The minimum atomic E-state index is -4.68. The van der Waals surface area contributed by atoms with Gasteiger partial charge < -0.3 is 16.4 Å². The molecule has 1 amide bonds. The van der Waals surface area contributed by atoms with Crippen LogP contribution in [0.5, 0.6) is 0 Å². The van der Waals surface area contributed by atoms with E-state index in [-0.39, 0.29) is 11.5 Å². The number of carbonyl (C=O) groups is 1. The Balaban J connectivity index is 1.51. The Hall–Kier alpha value is -4.52. The van der Waals surface area contributed by atoms with Crippen molar-refractivity contribution in [3.05, 3.63) is 78.0 Å². The van der Waals surface area contributed by atoms with Crippen molar-refractivity contribution < 1.29 is 22.4 Å². The van der Waals surface area contributed by atoms with E-state index in [1.54, 1.807) is 37.8 Å². The third kappa shape index (κ3) is 3.98. The Bertz CT molecular complexity index is 1620. The van der Waals surface area contributed by atoms with Crippen LogP contribution in [-0.4, -0.2) is 36.7 Å². The molecule has 13 heteroatoms. The number of nitrogens with two attached hydrogens (primary N) is 1. The van der Waals surface area contributed by atoms with Crippen molar-refractivity contribution in [2.75, 3.05) is 18.1 Å². The van der Waals surface area contributed by atoms with Crippen molar-refractivity contribution in [2.24, 2.45) is 0 Å². The van der Waals surface area contributed by atoms with Gasteiger partial charge >= 0.3 is 6.18 Å².